The number of rotatable bonds is 14. The van der Waals surface area contributed by atoms with Crippen LogP contribution in [0.5, 0.6) is 0 Å². The average molecular weight is 1070 g/mol. The van der Waals surface area contributed by atoms with Crippen LogP contribution in [0.25, 0.3) is 43.9 Å². The zero-order valence-corrected chi connectivity index (χ0v) is 44.6. The van der Waals surface area contributed by atoms with E-state index < -0.39 is 11.6 Å². The van der Waals surface area contributed by atoms with Gasteiger partial charge in [0.05, 0.1) is 46.1 Å². The molecule has 6 fully saturated rings. The highest BCUT2D eigenvalue weighted by Crippen LogP contribution is 2.51. The fourth-order valence-electron chi connectivity index (χ4n) is 12.4. The first-order chi connectivity index (χ1) is 35.9. The van der Waals surface area contributed by atoms with E-state index >= 15 is 0 Å². The molecule has 6 aromatic heterocycles. The molecule has 9 N–H and O–H groups in total. The highest BCUT2D eigenvalue weighted by atomic mass is 35.5. The summed E-state index contributed by atoms with van der Waals surface area (Å²) in [6.45, 7) is 10.1. The molecule has 4 aliphatic carbocycles. The van der Waals surface area contributed by atoms with Crippen LogP contribution in [-0.2, 0) is 31.8 Å². The lowest BCUT2D eigenvalue weighted by atomic mass is 9.95. The Labute approximate surface area is 455 Å². The number of aryl methyl sites for hydroxylation is 2. The summed E-state index contributed by atoms with van der Waals surface area (Å²) in [5, 5.41) is 11.6. The second-order valence-electron chi connectivity index (χ2n) is 22.8. The van der Waals surface area contributed by atoms with E-state index in [9.17, 15) is 0 Å². The number of pyridine rings is 2. The number of hydrogen-bond donors (Lipinski definition) is 4. The van der Waals surface area contributed by atoms with Crippen molar-refractivity contribution in [3.05, 3.63) is 114 Å². The van der Waals surface area contributed by atoms with E-state index in [0.29, 0.717) is 22.8 Å². The van der Waals surface area contributed by atoms with Crippen molar-refractivity contribution in [1.82, 2.24) is 45.2 Å². The van der Waals surface area contributed by atoms with Gasteiger partial charge in [0.25, 0.3) is 0 Å². The highest BCUT2D eigenvalue weighted by Gasteiger charge is 2.55. The van der Waals surface area contributed by atoms with Gasteiger partial charge in [-0.15, -0.1) is 0 Å². The average Bonchev–Trinajstić information content (AvgIpc) is 4.15. The van der Waals surface area contributed by atoms with E-state index in [1.165, 1.54) is 60.2 Å². The van der Waals surface area contributed by atoms with Crippen molar-refractivity contribution in [1.29, 1.82) is 0 Å². The Hall–Kier alpha value is -6.05. The van der Waals surface area contributed by atoms with Crippen molar-refractivity contribution in [2.75, 3.05) is 29.5 Å². The van der Waals surface area contributed by atoms with Crippen LogP contribution < -0.4 is 22.5 Å². The van der Waals surface area contributed by atoms with Crippen LogP contribution in [0, 0.1) is 23.7 Å². The van der Waals surface area contributed by atoms with Gasteiger partial charge in [0.15, 0.2) is 11.6 Å². The number of anilines is 3. The minimum absolute atomic E-state index is 0. The number of ether oxygens (including phenoxy) is 4. The van der Waals surface area contributed by atoms with Crippen molar-refractivity contribution >= 4 is 72.9 Å². The molecule has 408 valence electrons. The maximum Gasteiger partial charge on any atom is 0.163 e. The second kappa shape index (κ2) is 21.6. The first-order valence-electron chi connectivity index (χ1n) is 26.9. The molecule has 18 heteroatoms. The smallest absolute Gasteiger partial charge is 0.163 e. The summed E-state index contributed by atoms with van der Waals surface area (Å²) >= 11 is 6.34. The second-order valence-corrected chi connectivity index (χ2v) is 23.1. The first-order valence-corrected chi connectivity index (χ1v) is 27.3. The fourth-order valence-corrected chi connectivity index (χ4v) is 12.6. The van der Waals surface area contributed by atoms with E-state index in [0.717, 1.165) is 108 Å². The number of fused-ring (bicyclic) bond motifs is 6. The quantitative estimate of drug-likeness (QED) is 0.0741. The Morgan fingerprint density at radius 3 is 1.53 bits per heavy atom. The number of aromatic nitrogens is 8. The molecule has 2 aromatic carbocycles. The van der Waals surface area contributed by atoms with E-state index in [1.54, 1.807) is 0 Å². The van der Waals surface area contributed by atoms with E-state index in [1.807, 2.05) is 39.8 Å². The van der Waals surface area contributed by atoms with Crippen LogP contribution in [0.1, 0.15) is 110 Å². The number of nitrogens with one attached hydrogen (secondary N) is 2. The number of nitrogen functional groups attached to an aromatic ring is 1. The van der Waals surface area contributed by atoms with Crippen LogP contribution >= 0.6 is 11.6 Å². The number of benzene rings is 2. The normalized spacial score (nSPS) is 25.6. The Morgan fingerprint density at radius 1 is 0.597 bits per heavy atom. The third kappa shape index (κ3) is 11.2. The third-order valence-corrected chi connectivity index (χ3v) is 16.8. The Kier molecular flexibility index (Phi) is 15.3. The van der Waals surface area contributed by atoms with Gasteiger partial charge in [0, 0.05) is 36.3 Å². The number of hydrogen-bond acceptors (Lipinski definition) is 14. The predicted molar refractivity (Wildman–Crippen MR) is 304 cm³/mol. The molecule has 77 heavy (non-hydrogen) atoms. The zero-order valence-electron chi connectivity index (χ0n) is 43.9. The molecule has 0 amide bonds. The maximum atomic E-state index is 6.46. The molecule has 0 radical (unpaired) electrons. The van der Waals surface area contributed by atoms with Crippen LogP contribution in [0.15, 0.2) is 97.8 Å². The van der Waals surface area contributed by atoms with Crippen LogP contribution in [0.3, 0.4) is 0 Å². The van der Waals surface area contributed by atoms with E-state index in [4.69, 9.17) is 46.3 Å². The number of nitrogens with two attached hydrogens (primary N) is 1. The minimum atomic E-state index is -0.599. The van der Waals surface area contributed by atoms with Gasteiger partial charge in [0.2, 0.25) is 0 Å². The third-order valence-electron chi connectivity index (χ3n) is 16.5. The van der Waals surface area contributed by atoms with Gasteiger partial charge in [-0.3, -0.25) is 0 Å². The van der Waals surface area contributed by atoms with Crippen molar-refractivity contribution in [2.24, 2.45) is 23.7 Å². The number of halogens is 1. The van der Waals surface area contributed by atoms with Crippen LogP contribution in [-0.4, -0.2) is 93.6 Å². The summed E-state index contributed by atoms with van der Waals surface area (Å²) < 4.78 is 30.2. The summed E-state index contributed by atoms with van der Waals surface area (Å²) in [6, 6.07) is 26.1. The molecule has 4 saturated carbocycles. The largest absolute Gasteiger partial charge is 0.412 e. The predicted octanol–water partition coefficient (Wildman–Crippen LogP) is 11.2. The van der Waals surface area contributed by atoms with Crippen molar-refractivity contribution in [3.8, 4) is 0 Å². The molecule has 2 saturated heterocycles. The Morgan fingerprint density at radius 2 is 1.04 bits per heavy atom. The van der Waals surface area contributed by atoms with E-state index in [-0.39, 0.29) is 55.6 Å². The van der Waals surface area contributed by atoms with Gasteiger partial charge < -0.3 is 56.1 Å². The highest BCUT2D eigenvalue weighted by molar-refractivity contribution is 6.33. The van der Waals surface area contributed by atoms with Gasteiger partial charge in [-0.1, -0.05) is 43.3 Å². The van der Waals surface area contributed by atoms with Gasteiger partial charge in [-0.05, 0) is 175 Å². The van der Waals surface area contributed by atoms with Crippen molar-refractivity contribution in [3.63, 3.8) is 0 Å². The van der Waals surface area contributed by atoms with Crippen molar-refractivity contribution in [2.45, 2.75) is 147 Å². The fraction of sp³-hybridized carbons (Fsp3) is 0.492. The summed E-state index contributed by atoms with van der Waals surface area (Å²) in [6.07, 6.45) is 18.5. The molecule has 0 unspecified atom stereocenters. The van der Waals surface area contributed by atoms with Crippen LogP contribution in [0.4, 0.5) is 17.5 Å². The molecule has 8 heterocycles. The zero-order chi connectivity index (χ0) is 50.3. The molecule has 0 spiro atoms. The summed E-state index contributed by atoms with van der Waals surface area (Å²) in [4.78, 5) is 27.1. The Balaban J connectivity index is 0.000000168. The molecule has 14 rings (SSSR count). The lowest BCUT2D eigenvalue weighted by molar-refractivity contribution is -0.160. The monoisotopic (exact) mass is 1070 g/mol. The lowest BCUT2D eigenvalue weighted by Gasteiger charge is -2.24. The standard InChI is InChI=1S/C29H32ClN5O2.C29H34N6O2.CH4.H3N.H2O/c2*1-29(2)36-25-20(14-23(26(25)37-29)35-12-11-21-27(30)32-16-33-28(21)35)8-6-17-5-7-19-9-10-24(34-22(19)13-17)31-15-18-3-4-18;;;/h5,7,9-13,16,18,20,23,25-26H,3-4,6,8,14-15H2,1-2H3,(H,31,34);5,7,9-13,16,18,20,23,25-26H,3-4,6,8,14-15H2,1-2H3,(H,31,34)(H2,30,32,33);1H4;1H3;1H2/t2*20-,23+,25+,26-;;;/m00.../s1. The Bertz CT molecular complexity index is 3160. The topological polar surface area (TPSA) is 241 Å². The van der Waals surface area contributed by atoms with Crippen LogP contribution in [0.2, 0.25) is 5.15 Å². The SMILES string of the molecule is C.CC1(C)O[C@@H]2[C@@H](CCc3ccc4ccc(NCC5CC5)nc4c3)C[C@@H](n3ccc4c(Cl)ncnc43)[C@@H]2O1.CC1(C)O[C@@H]2[C@@H](CCc3ccc4ccc(NCC5CC5)nc4c3)C[C@@H](n3ccc4c(N)ncnc43)[C@@H]2O1.N.O. The summed E-state index contributed by atoms with van der Waals surface area (Å²) in [5.74, 6) is 3.66. The summed E-state index contributed by atoms with van der Waals surface area (Å²) in [7, 11) is 0. The van der Waals surface area contributed by atoms with Gasteiger partial charge >= 0.3 is 0 Å². The molecular formula is C59H75ClN12O5. The molecule has 8 aromatic rings. The molecular weight excluding hydrogens is 992 g/mol. The molecule has 2 aliphatic heterocycles. The lowest BCUT2D eigenvalue weighted by Crippen LogP contribution is -2.27. The van der Waals surface area contributed by atoms with E-state index in [2.05, 4.69) is 113 Å². The first kappa shape index (κ1) is 54.3. The summed E-state index contributed by atoms with van der Waals surface area (Å²) in [5.41, 5.74) is 12.5. The molecule has 17 nitrogen and oxygen atoms in total. The van der Waals surface area contributed by atoms with Gasteiger partial charge in [-0.25, -0.2) is 29.9 Å². The van der Waals surface area contributed by atoms with Gasteiger partial charge in [0.1, 0.15) is 58.8 Å². The molecule has 0 bridgehead atoms. The molecule has 8 atom stereocenters. The van der Waals surface area contributed by atoms with Crippen molar-refractivity contribution < 1.29 is 24.4 Å². The minimum Gasteiger partial charge on any atom is -0.412 e. The maximum absolute atomic E-state index is 6.46. The van der Waals surface area contributed by atoms with Gasteiger partial charge in [-0.2, -0.15) is 0 Å². The number of nitrogens with zero attached hydrogens (tertiary/aromatic N) is 8. The molecule has 6 aliphatic rings.